The predicted octanol–water partition coefficient (Wildman–Crippen LogP) is 2.96. The molecule has 0 fully saturated rings. The zero-order chi connectivity index (χ0) is 14.4. The number of nitrogens with zero attached hydrogens (tertiary/aromatic N) is 1. The van der Waals surface area contributed by atoms with Crippen LogP contribution in [0.1, 0.15) is 18.9 Å². The van der Waals surface area contributed by atoms with Crippen LogP contribution in [-0.4, -0.2) is 29.3 Å². The maximum absolute atomic E-state index is 10.00. The van der Waals surface area contributed by atoms with E-state index in [0.29, 0.717) is 18.9 Å². The third-order valence-corrected chi connectivity index (χ3v) is 3.84. The number of benzene rings is 1. The van der Waals surface area contributed by atoms with Gasteiger partial charge >= 0.3 is 0 Å². The molecule has 0 aliphatic heterocycles. The van der Waals surface area contributed by atoms with E-state index >= 15 is 0 Å². The summed E-state index contributed by atoms with van der Waals surface area (Å²) in [7, 11) is 0. The molecule has 0 bridgehead atoms. The summed E-state index contributed by atoms with van der Waals surface area (Å²) < 4.78 is 0. The van der Waals surface area contributed by atoms with Gasteiger partial charge in [-0.25, -0.2) is 4.98 Å². The summed E-state index contributed by atoms with van der Waals surface area (Å²) in [6, 6.07) is 10.1. The fraction of sp³-hybridized carbons (Fsp3) is 0.438. The monoisotopic (exact) mass is 290 g/mol. The number of aliphatic hydroxyl groups excluding tert-OH is 1. The molecule has 108 valence electrons. The summed E-state index contributed by atoms with van der Waals surface area (Å²) in [6.07, 6.45) is 0.242. The second kappa shape index (κ2) is 7.53. The van der Waals surface area contributed by atoms with Gasteiger partial charge in [-0.15, -0.1) is 11.3 Å². The van der Waals surface area contributed by atoms with Gasteiger partial charge in [0.05, 0.1) is 16.8 Å². The lowest BCUT2D eigenvalue weighted by Gasteiger charge is -2.11. The Morgan fingerprint density at radius 3 is 2.65 bits per heavy atom. The number of hydrogen-bond donors (Lipinski definition) is 2. The van der Waals surface area contributed by atoms with E-state index in [0.717, 1.165) is 22.8 Å². The minimum absolute atomic E-state index is 0.372. The molecule has 0 saturated heterocycles. The average Bonchev–Trinajstić information content (AvgIpc) is 2.88. The molecule has 0 saturated carbocycles. The first-order valence-corrected chi connectivity index (χ1v) is 7.91. The van der Waals surface area contributed by atoms with Crippen LogP contribution in [0.25, 0.3) is 11.3 Å². The summed E-state index contributed by atoms with van der Waals surface area (Å²) in [4.78, 5) is 4.59. The van der Waals surface area contributed by atoms with Crippen molar-refractivity contribution in [1.29, 1.82) is 0 Å². The summed E-state index contributed by atoms with van der Waals surface area (Å²) in [5, 5.41) is 16.3. The van der Waals surface area contributed by atoms with Gasteiger partial charge in [0.25, 0.3) is 0 Å². The summed E-state index contributed by atoms with van der Waals surface area (Å²) >= 11 is 1.61. The quantitative estimate of drug-likeness (QED) is 0.824. The highest BCUT2D eigenvalue weighted by atomic mass is 32.1. The lowest BCUT2D eigenvalue weighted by Crippen LogP contribution is -2.30. The second-order valence-corrected chi connectivity index (χ2v) is 6.35. The Hall–Kier alpha value is -1.23. The van der Waals surface area contributed by atoms with Crippen molar-refractivity contribution in [2.75, 3.05) is 13.1 Å². The largest absolute Gasteiger partial charge is 0.391 e. The van der Waals surface area contributed by atoms with Crippen LogP contribution in [0.2, 0.25) is 0 Å². The zero-order valence-electron chi connectivity index (χ0n) is 12.0. The molecule has 1 aromatic heterocycles. The van der Waals surface area contributed by atoms with Gasteiger partial charge in [-0.3, -0.25) is 0 Å². The van der Waals surface area contributed by atoms with Crippen molar-refractivity contribution >= 4 is 11.3 Å². The summed E-state index contributed by atoms with van der Waals surface area (Å²) in [5.74, 6) is 0.603. The van der Waals surface area contributed by atoms with E-state index in [1.807, 2.05) is 18.2 Å². The molecular formula is C16H22N2OS. The van der Waals surface area contributed by atoms with E-state index in [1.54, 1.807) is 11.3 Å². The molecular weight excluding hydrogens is 268 g/mol. The molecule has 1 atom stereocenters. The Morgan fingerprint density at radius 1 is 1.20 bits per heavy atom. The Morgan fingerprint density at radius 2 is 1.95 bits per heavy atom. The van der Waals surface area contributed by atoms with Crippen LogP contribution in [0, 0.1) is 5.92 Å². The molecule has 2 aromatic rings. The number of hydrogen-bond acceptors (Lipinski definition) is 4. The maximum Gasteiger partial charge on any atom is 0.0958 e. The fourth-order valence-corrected chi connectivity index (χ4v) is 2.83. The van der Waals surface area contributed by atoms with Crippen molar-refractivity contribution in [1.82, 2.24) is 10.3 Å². The van der Waals surface area contributed by atoms with Crippen molar-refractivity contribution in [2.45, 2.75) is 26.4 Å². The van der Waals surface area contributed by atoms with Gasteiger partial charge in [0.15, 0.2) is 0 Å². The number of aromatic nitrogens is 1. The highest BCUT2D eigenvalue weighted by Crippen LogP contribution is 2.22. The third kappa shape index (κ3) is 4.71. The van der Waals surface area contributed by atoms with Crippen LogP contribution in [0.15, 0.2) is 35.7 Å². The Bertz CT molecular complexity index is 510. The Kier molecular flexibility index (Phi) is 5.71. The molecule has 1 heterocycles. The van der Waals surface area contributed by atoms with Crippen molar-refractivity contribution < 1.29 is 5.11 Å². The highest BCUT2D eigenvalue weighted by molar-refractivity contribution is 7.09. The smallest absolute Gasteiger partial charge is 0.0958 e. The predicted molar refractivity (Wildman–Crippen MR) is 85.0 cm³/mol. The number of aliphatic hydroxyl groups is 1. The van der Waals surface area contributed by atoms with Crippen LogP contribution in [0.4, 0.5) is 0 Å². The molecule has 4 heteroatoms. The maximum atomic E-state index is 10.00. The topological polar surface area (TPSA) is 45.1 Å². The van der Waals surface area contributed by atoms with Crippen LogP contribution >= 0.6 is 11.3 Å². The van der Waals surface area contributed by atoms with E-state index in [2.05, 4.69) is 41.7 Å². The number of nitrogens with one attached hydrogen (secondary N) is 1. The molecule has 20 heavy (non-hydrogen) atoms. The fourth-order valence-electron chi connectivity index (χ4n) is 1.96. The zero-order valence-corrected chi connectivity index (χ0v) is 12.9. The van der Waals surface area contributed by atoms with E-state index < -0.39 is 0 Å². The van der Waals surface area contributed by atoms with E-state index in [9.17, 15) is 5.11 Å². The molecule has 3 nitrogen and oxygen atoms in total. The minimum Gasteiger partial charge on any atom is -0.391 e. The van der Waals surface area contributed by atoms with Gasteiger partial charge in [-0.2, -0.15) is 0 Å². The molecule has 1 aromatic carbocycles. The van der Waals surface area contributed by atoms with Crippen molar-refractivity contribution in [3.05, 3.63) is 40.7 Å². The van der Waals surface area contributed by atoms with Gasteiger partial charge in [0, 0.05) is 23.9 Å². The van der Waals surface area contributed by atoms with Gasteiger partial charge in [0.1, 0.15) is 0 Å². The molecule has 2 N–H and O–H groups in total. The molecule has 0 aliphatic rings. The molecule has 1 unspecified atom stereocenters. The summed E-state index contributed by atoms with van der Waals surface area (Å²) in [5.41, 5.74) is 2.12. The Balaban J connectivity index is 1.86. The lowest BCUT2D eigenvalue weighted by molar-refractivity contribution is 0.170. The van der Waals surface area contributed by atoms with Crippen molar-refractivity contribution in [3.63, 3.8) is 0 Å². The molecule has 0 radical (unpaired) electrons. The first-order chi connectivity index (χ1) is 9.65. The second-order valence-electron chi connectivity index (χ2n) is 5.40. The Labute approximate surface area is 124 Å². The first-order valence-electron chi connectivity index (χ1n) is 7.03. The molecule has 0 spiro atoms. The van der Waals surface area contributed by atoms with Crippen LogP contribution < -0.4 is 5.32 Å². The third-order valence-electron chi connectivity index (χ3n) is 2.96. The SMILES string of the molecule is CC(C)CNCC(O)Cc1nc(-c2ccccc2)cs1. The molecule has 0 amide bonds. The van der Waals surface area contributed by atoms with Crippen LogP contribution in [0.3, 0.4) is 0 Å². The number of thiazole rings is 1. The van der Waals surface area contributed by atoms with Crippen LogP contribution in [0.5, 0.6) is 0 Å². The standard InChI is InChI=1S/C16H22N2OS/c1-12(2)9-17-10-14(19)8-16-18-15(11-20-16)13-6-4-3-5-7-13/h3-7,11-12,14,17,19H,8-10H2,1-2H3. The summed E-state index contributed by atoms with van der Waals surface area (Å²) in [6.45, 7) is 5.88. The van der Waals surface area contributed by atoms with E-state index in [-0.39, 0.29) is 6.10 Å². The average molecular weight is 290 g/mol. The van der Waals surface area contributed by atoms with Gasteiger partial charge in [0.2, 0.25) is 0 Å². The van der Waals surface area contributed by atoms with Gasteiger partial charge < -0.3 is 10.4 Å². The molecule has 2 rings (SSSR count). The first kappa shape index (κ1) is 15.2. The lowest BCUT2D eigenvalue weighted by atomic mass is 10.2. The van der Waals surface area contributed by atoms with Gasteiger partial charge in [-0.1, -0.05) is 44.2 Å². The van der Waals surface area contributed by atoms with Gasteiger partial charge in [-0.05, 0) is 12.5 Å². The van der Waals surface area contributed by atoms with Crippen molar-refractivity contribution in [3.8, 4) is 11.3 Å². The van der Waals surface area contributed by atoms with E-state index in [1.165, 1.54) is 0 Å². The normalized spacial score (nSPS) is 12.8. The number of rotatable bonds is 7. The van der Waals surface area contributed by atoms with E-state index in [4.69, 9.17) is 0 Å². The molecule has 0 aliphatic carbocycles. The minimum atomic E-state index is -0.372. The van der Waals surface area contributed by atoms with Crippen LogP contribution in [-0.2, 0) is 6.42 Å². The highest BCUT2D eigenvalue weighted by Gasteiger charge is 2.10. The van der Waals surface area contributed by atoms with Crippen molar-refractivity contribution in [2.24, 2.45) is 5.92 Å².